The monoisotopic (exact) mass is 305 g/mol. The molecule has 16 heavy (non-hydrogen) atoms. The second-order valence-corrected chi connectivity index (χ2v) is 6.13. The van der Waals surface area contributed by atoms with Gasteiger partial charge in [0.1, 0.15) is 0 Å². The number of nitrogens with one attached hydrogen (secondary N) is 1. The van der Waals surface area contributed by atoms with Crippen LogP contribution in [0.2, 0.25) is 0 Å². The van der Waals surface area contributed by atoms with Crippen LogP contribution in [0.3, 0.4) is 0 Å². The van der Waals surface area contributed by atoms with Gasteiger partial charge in [-0.2, -0.15) is 0 Å². The fourth-order valence-corrected chi connectivity index (χ4v) is 2.25. The summed E-state index contributed by atoms with van der Waals surface area (Å²) in [5, 5.41) is 14.1. The smallest absolute Gasteiger partial charge is 0.262 e. The fraction of sp³-hybridized carbons (Fsp3) is 0.333. The number of nitrogens with two attached hydrogens (primary N) is 1. The van der Waals surface area contributed by atoms with Gasteiger partial charge in [0.05, 0.1) is 14.2 Å². The van der Waals surface area contributed by atoms with Gasteiger partial charge >= 0.3 is 0 Å². The first-order valence-corrected chi connectivity index (χ1v) is 6.03. The van der Waals surface area contributed by atoms with E-state index in [2.05, 4.69) is 26.4 Å². The van der Waals surface area contributed by atoms with Crippen molar-refractivity contribution in [3.8, 4) is 0 Å². The van der Waals surface area contributed by atoms with Crippen molar-refractivity contribution in [3.05, 3.63) is 20.8 Å². The predicted octanol–water partition coefficient (Wildman–Crippen LogP) is 1.77. The van der Waals surface area contributed by atoms with Crippen LogP contribution in [0.4, 0.5) is 0 Å². The molecule has 0 atom stereocenters. The van der Waals surface area contributed by atoms with Crippen LogP contribution in [-0.4, -0.2) is 22.5 Å². The number of rotatable bonds is 3. The zero-order valence-electron chi connectivity index (χ0n) is 8.82. The summed E-state index contributed by atoms with van der Waals surface area (Å²) >= 11 is 4.59. The number of amides is 1. The number of hydrogen-bond acceptors (Lipinski definition) is 4. The van der Waals surface area contributed by atoms with Crippen molar-refractivity contribution in [1.82, 2.24) is 5.32 Å². The van der Waals surface area contributed by atoms with Crippen molar-refractivity contribution < 1.29 is 10.0 Å². The SMILES string of the molecule is CC(C)(NC(=O)c1ccc(Br)s1)/C(N)=N/O. The summed E-state index contributed by atoms with van der Waals surface area (Å²) in [6, 6.07) is 3.49. The average molecular weight is 306 g/mol. The maximum Gasteiger partial charge on any atom is 0.262 e. The summed E-state index contributed by atoms with van der Waals surface area (Å²) < 4.78 is 0.874. The van der Waals surface area contributed by atoms with Crippen LogP contribution >= 0.6 is 27.3 Å². The lowest BCUT2D eigenvalue weighted by atomic mass is 10.0. The molecule has 0 aliphatic carbocycles. The van der Waals surface area contributed by atoms with Crippen LogP contribution in [0.25, 0.3) is 0 Å². The van der Waals surface area contributed by atoms with E-state index >= 15 is 0 Å². The van der Waals surface area contributed by atoms with Crippen LogP contribution in [0.15, 0.2) is 21.1 Å². The van der Waals surface area contributed by atoms with Gasteiger partial charge in [-0.3, -0.25) is 4.79 Å². The Morgan fingerprint density at radius 1 is 1.62 bits per heavy atom. The lowest BCUT2D eigenvalue weighted by Gasteiger charge is -2.23. The van der Waals surface area contributed by atoms with Gasteiger partial charge in [-0.05, 0) is 41.9 Å². The standard InChI is InChI=1S/C9H12BrN3O2S/c1-9(2,8(11)13-15)12-7(14)5-3-4-6(10)16-5/h3-4,15H,1-2H3,(H2,11,13)(H,12,14). The van der Waals surface area contributed by atoms with E-state index in [-0.39, 0.29) is 11.7 Å². The highest BCUT2D eigenvalue weighted by molar-refractivity contribution is 9.11. The summed E-state index contributed by atoms with van der Waals surface area (Å²) in [7, 11) is 0. The Morgan fingerprint density at radius 2 is 2.25 bits per heavy atom. The van der Waals surface area contributed by atoms with E-state index in [9.17, 15) is 4.79 Å². The number of carbonyl (C=O) groups is 1. The predicted molar refractivity (Wildman–Crippen MR) is 67.0 cm³/mol. The molecule has 1 aromatic rings. The van der Waals surface area contributed by atoms with Crippen molar-refractivity contribution >= 4 is 39.0 Å². The van der Waals surface area contributed by atoms with E-state index in [0.717, 1.165) is 3.79 Å². The highest BCUT2D eigenvalue weighted by atomic mass is 79.9. The lowest BCUT2D eigenvalue weighted by Crippen LogP contribution is -2.53. The molecule has 0 radical (unpaired) electrons. The van der Waals surface area contributed by atoms with Gasteiger partial charge in [-0.15, -0.1) is 11.3 Å². The topological polar surface area (TPSA) is 87.7 Å². The second-order valence-electron chi connectivity index (χ2n) is 3.67. The van der Waals surface area contributed by atoms with Gasteiger partial charge in [0.25, 0.3) is 5.91 Å². The molecule has 1 aromatic heterocycles. The molecule has 88 valence electrons. The maximum absolute atomic E-state index is 11.8. The highest BCUT2D eigenvalue weighted by Crippen LogP contribution is 2.22. The zero-order chi connectivity index (χ0) is 12.3. The largest absolute Gasteiger partial charge is 0.409 e. The number of hydrogen-bond donors (Lipinski definition) is 3. The molecule has 7 heteroatoms. The first-order chi connectivity index (χ1) is 7.36. The van der Waals surface area contributed by atoms with Gasteiger partial charge < -0.3 is 16.3 Å². The Morgan fingerprint density at radius 3 is 2.69 bits per heavy atom. The van der Waals surface area contributed by atoms with E-state index in [1.807, 2.05) is 0 Å². The normalized spacial score (nSPS) is 12.6. The molecule has 1 amide bonds. The summed E-state index contributed by atoms with van der Waals surface area (Å²) in [4.78, 5) is 12.3. The van der Waals surface area contributed by atoms with Crippen LogP contribution in [0, 0.1) is 0 Å². The van der Waals surface area contributed by atoms with Crippen LogP contribution in [0.1, 0.15) is 23.5 Å². The van der Waals surface area contributed by atoms with Gasteiger partial charge in [-0.1, -0.05) is 5.16 Å². The van der Waals surface area contributed by atoms with Crippen LogP contribution < -0.4 is 11.1 Å². The summed E-state index contributed by atoms with van der Waals surface area (Å²) in [5.74, 6) is -0.302. The molecule has 0 unspecified atom stereocenters. The minimum Gasteiger partial charge on any atom is -0.409 e. The summed E-state index contributed by atoms with van der Waals surface area (Å²) in [5.41, 5.74) is 4.58. The van der Waals surface area contributed by atoms with E-state index < -0.39 is 5.54 Å². The van der Waals surface area contributed by atoms with Crippen molar-refractivity contribution in [2.45, 2.75) is 19.4 Å². The molecule has 1 heterocycles. The molecule has 1 rings (SSSR count). The van der Waals surface area contributed by atoms with E-state index in [0.29, 0.717) is 4.88 Å². The Kier molecular flexibility index (Phi) is 3.93. The minimum atomic E-state index is -0.887. The summed E-state index contributed by atoms with van der Waals surface area (Å²) in [6.45, 7) is 3.31. The zero-order valence-corrected chi connectivity index (χ0v) is 11.2. The van der Waals surface area contributed by atoms with E-state index in [1.54, 1.807) is 26.0 Å². The van der Waals surface area contributed by atoms with Crippen molar-refractivity contribution in [2.24, 2.45) is 10.9 Å². The first-order valence-electron chi connectivity index (χ1n) is 4.42. The molecule has 0 saturated carbocycles. The van der Waals surface area contributed by atoms with Gasteiger partial charge in [-0.25, -0.2) is 0 Å². The quantitative estimate of drug-likeness (QED) is 0.344. The molecule has 5 nitrogen and oxygen atoms in total. The first kappa shape index (κ1) is 13.0. The molecule has 0 fully saturated rings. The second kappa shape index (κ2) is 4.84. The number of halogens is 1. The van der Waals surface area contributed by atoms with Gasteiger partial charge in [0, 0.05) is 0 Å². The third kappa shape index (κ3) is 2.96. The van der Waals surface area contributed by atoms with E-state index in [1.165, 1.54) is 11.3 Å². The van der Waals surface area contributed by atoms with Crippen LogP contribution in [-0.2, 0) is 0 Å². The molecule has 0 saturated heterocycles. The maximum atomic E-state index is 11.8. The molecule has 4 N–H and O–H groups in total. The molecular formula is C9H12BrN3O2S. The Balaban J connectivity index is 2.79. The van der Waals surface area contributed by atoms with Crippen molar-refractivity contribution in [2.75, 3.05) is 0 Å². The molecule has 0 bridgehead atoms. The molecule has 0 aliphatic heterocycles. The van der Waals surface area contributed by atoms with Crippen LogP contribution in [0.5, 0.6) is 0 Å². The Hall–Kier alpha value is -1.08. The third-order valence-electron chi connectivity index (χ3n) is 1.97. The molecule has 0 aliphatic rings. The van der Waals surface area contributed by atoms with Crippen molar-refractivity contribution in [1.29, 1.82) is 0 Å². The number of amidine groups is 1. The Bertz CT molecular complexity index is 428. The molecular weight excluding hydrogens is 294 g/mol. The van der Waals surface area contributed by atoms with Crippen molar-refractivity contribution in [3.63, 3.8) is 0 Å². The molecule has 0 aromatic carbocycles. The Labute approximate surface area is 105 Å². The highest BCUT2D eigenvalue weighted by Gasteiger charge is 2.26. The summed E-state index contributed by atoms with van der Waals surface area (Å²) in [6.07, 6.45) is 0. The number of nitrogens with zero attached hydrogens (tertiary/aromatic N) is 1. The number of thiophene rings is 1. The number of carbonyl (C=O) groups excluding carboxylic acids is 1. The lowest BCUT2D eigenvalue weighted by molar-refractivity contribution is 0.0935. The number of oxime groups is 1. The van der Waals surface area contributed by atoms with Gasteiger partial charge in [0.15, 0.2) is 5.84 Å². The average Bonchev–Trinajstić information content (AvgIpc) is 2.63. The fourth-order valence-electron chi connectivity index (χ4n) is 0.971. The van der Waals surface area contributed by atoms with E-state index in [4.69, 9.17) is 10.9 Å². The molecule has 0 spiro atoms. The van der Waals surface area contributed by atoms with Gasteiger partial charge in [0.2, 0.25) is 0 Å². The third-order valence-corrected chi connectivity index (χ3v) is 3.59. The minimum absolute atomic E-state index is 0.0449.